The number of phosphoric ester groups is 1. The molecule has 84 heavy (non-hydrogen) atoms. The fourth-order valence-corrected chi connectivity index (χ4v) is 11.5. The van der Waals surface area contributed by atoms with Crippen LogP contribution in [0.2, 0.25) is 0 Å². The summed E-state index contributed by atoms with van der Waals surface area (Å²) in [5, 5.41) is 44.8. The Morgan fingerprint density at radius 2 is 1.63 bits per heavy atom. The van der Waals surface area contributed by atoms with Crippen LogP contribution in [-0.4, -0.2) is 203 Å². The van der Waals surface area contributed by atoms with E-state index in [9.17, 15) is 38.8 Å². The van der Waals surface area contributed by atoms with Crippen LogP contribution in [0.25, 0.3) is 11.2 Å². The minimum atomic E-state index is -4.86. The minimum Gasteiger partial charge on any atom is -0.387 e. The molecule has 5 amide bonds. The summed E-state index contributed by atoms with van der Waals surface area (Å²) in [4.78, 5) is 105. The van der Waals surface area contributed by atoms with E-state index in [-0.39, 0.29) is 60.5 Å². The number of amides is 5. The lowest BCUT2D eigenvalue weighted by molar-refractivity contribution is -0.148. The van der Waals surface area contributed by atoms with Crippen LogP contribution < -0.4 is 26.6 Å². The number of aryl methyl sites for hydroxylation is 1. The maximum absolute atomic E-state index is 14.5. The lowest BCUT2D eigenvalue weighted by atomic mass is 9.89. The van der Waals surface area contributed by atoms with Crippen molar-refractivity contribution in [3.63, 3.8) is 0 Å². The van der Waals surface area contributed by atoms with Crippen molar-refractivity contribution in [2.45, 2.75) is 167 Å². The predicted octanol–water partition coefficient (Wildman–Crippen LogP) is 1.30. The number of likely N-dealkylation sites (tertiary alicyclic amines) is 1. The summed E-state index contributed by atoms with van der Waals surface area (Å²) in [6.07, 6.45) is 0.0390. The Hall–Kier alpha value is -6.07. The third-order valence-electron chi connectivity index (χ3n) is 15.9. The van der Waals surface area contributed by atoms with Gasteiger partial charge in [-0.2, -0.15) is 0 Å². The molecule has 13 atom stereocenters. The van der Waals surface area contributed by atoms with Crippen LogP contribution in [0.3, 0.4) is 0 Å². The van der Waals surface area contributed by atoms with Crippen molar-refractivity contribution in [2.75, 3.05) is 53.3 Å². The number of hydrogen-bond acceptors (Lipinski definition) is 19. The molecular weight excluding hydrogens is 1110 g/mol. The largest absolute Gasteiger partial charge is 0.469 e. The summed E-state index contributed by atoms with van der Waals surface area (Å²) in [6, 6.07) is 5.98. The van der Waals surface area contributed by atoms with Gasteiger partial charge in [-0.3, -0.25) is 37.7 Å². The number of imidazole rings is 1. The number of aromatic nitrogens is 7. The van der Waals surface area contributed by atoms with Gasteiger partial charge in [0, 0.05) is 47.3 Å². The van der Waals surface area contributed by atoms with Crippen molar-refractivity contribution in [1.29, 1.82) is 0 Å². The van der Waals surface area contributed by atoms with Crippen molar-refractivity contribution >= 4 is 54.3 Å². The molecule has 0 saturated carbocycles. The van der Waals surface area contributed by atoms with Crippen molar-refractivity contribution < 1.29 is 67.3 Å². The topological polar surface area (TPSA) is 361 Å². The first-order valence-corrected chi connectivity index (χ1v) is 30.2. The number of rotatable bonds is 32. The van der Waals surface area contributed by atoms with Gasteiger partial charge in [0.25, 0.3) is 0 Å². The minimum absolute atomic E-state index is 0.0104. The first-order chi connectivity index (χ1) is 39.9. The molecule has 2 aliphatic rings. The Bertz CT molecular complexity index is 2840. The van der Waals surface area contributed by atoms with Gasteiger partial charge in [-0.15, -0.1) is 5.10 Å². The number of carbonyl (C=O) groups excluding carboxylic acids is 5. The average molecular weight is 1200 g/mol. The maximum atomic E-state index is 14.5. The third-order valence-corrected chi connectivity index (χ3v) is 16.4. The molecule has 2 saturated heterocycles. The molecule has 3 aromatic heterocycles. The van der Waals surface area contributed by atoms with Gasteiger partial charge in [0.15, 0.2) is 23.2 Å². The number of phosphoric acid groups is 1. The Balaban J connectivity index is 1.05. The molecule has 0 unspecified atom stereocenters. The highest BCUT2D eigenvalue weighted by molar-refractivity contribution is 7.46. The number of nitrogens with one attached hydrogen (secondary N) is 5. The highest BCUT2D eigenvalue weighted by Gasteiger charge is 2.46. The number of carbonyl (C=O) groups is 5. The summed E-state index contributed by atoms with van der Waals surface area (Å²) in [5.41, 5.74) is 1.88. The average Bonchev–Trinajstić information content (AvgIpc) is 2.63. The highest BCUT2D eigenvalue weighted by Crippen LogP contribution is 2.39. The predicted molar refractivity (Wildman–Crippen MR) is 307 cm³/mol. The van der Waals surface area contributed by atoms with Crippen LogP contribution in [0, 0.1) is 23.7 Å². The van der Waals surface area contributed by atoms with Crippen LogP contribution in [0.5, 0.6) is 0 Å². The molecule has 0 bridgehead atoms. The number of ether oxygens (including phenoxy) is 3. The zero-order valence-electron chi connectivity index (χ0n) is 49.9. The molecule has 466 valence electrons. The Morgan fingerprint density at radius 1 is 0.917 bits per heavy atom. The van der Waals surface area contributed by atoms with Crippen LogP contribution in [0.1, 0.15) is 98.1 Å². The monoisotopic (exact) mass is 1200 g/mol. The number of fused-ring (bicyclic) bond motifs is 1. The van der Waals surface area contributed by atoms with Crippen molar-refractivity contribution in [3.8, 4) is 0 Å². The number of anilines is 1. The van der Waals surface area contributed by atoms with Gasteiger partial charge in [0.05, 0.1) is 68.3 Å². The van der Waals surface area contributed by atoms with Crippen molar-refractivity contribution in [3.05, 3.63) is 60.4 Å². The van der Waals surface area contributed by atoms with Crippen molar-refractivity contribution in [1.82, 2.24) is 65.6 Å². The van der Waals surface area contributed by atoms with Crippen LogP contribution in [0.4, 0.5) is 5.82 Å². The smallest absolute Gasteiger partial charge is 0.387 e. The van der Waals surface area contributed by atoms with E-state index in [0.29, 0.717) is 62.3 Å². The quantitative estimate of drug-likeness (QED) is 0.0246. The van der Waals surface area contributed by atoms with E-state index < -0.39 is 99.1 Å². The van der Waals surface area contributed by atoms with Crippen LogP contribution >= 0.6 is 7.82 Å². The third kappa shape index (κ3) is 17.1. The molecule has 6 rings (SSSR count). The standard InChI is InChI=1S/C55H87N14O14P/c1-12-33(6)45(66(9)54(76)43(32(4)5)63-53(75)42(56-8)31(2)3)39(80-10)25-41(70)68-23-16-20-38(68)48(81-11)34(7)51(73)62-37(24-35-18-14-13-15-19-35)52(74)58-26-36-27-67(65-64-36)22-17-21-57-49-44-50(60-29-59-49)69(30-61-44)55-47(72)46(71)40(83-55)28-82-84(77,78)79/h13-15,18-19,27,29-34,37-40,42-43,45-48,55-56,71-72H,12,16-17,20-26,28H2,1-11H3,(H,58,74)(H,62,73)(H,63,75)(H,57,59,60)(H2,77,78,79)/t33-,34+,37-,38-,39+,40+,42-,43-,45-,46+,47+,48+,55+/m0/s1. The molecule has 0 aliphatic carbocycles. The zero-order chi connectivity index (χ0) is 61.6. The van der Waals surface area contributed by atoms with E-state index >= 15 is 0 Å². The Kier molecular flexibility index (Phi) is 24.6. The number of aliphatic hydroxyl groups excluding tert-OH is 2. The Labute approximate surface area is 490 Å². The first-order valence-electron chi connectivity index (χ1n) is 28.7. The number of nitrogens with zero attached hydrogens (tertiary/aromatic N) is 9. The second-order valence-corrected chi connectivity index (χ2v) is 23.7. The van der Waals surface area contributed by atoms with Crippen LogP contribution in [0.15, 0.2) is 49.2 Å². The maximum Gasteiger partial charge on any atom is 0.469 e. The normalized spacial score (nSPS) is 21.2. The summed E-state index contributed by atoms with van der Waals surface area (Å²) in [6.45, 7) is 14.0. The molecule has 5 heterocycles. The lowest BCUT2D eigenvalue weighted by Crippen LogP contribution is -2.59. The fourth-order valence-electron chi connectivity index (χ4n) is 11.1. The number of aliphatic hydroxyl groups is 2. The second kappa shape index (κ2) is 30.8. The molecule has 29 heteroatoms. The van der Waals surface area contributed by atoms with E-state index in [1.807, 2.05) is 71.9 Å². The number of methoxy groups -OCH3 is 2. The van der Waals surface area contributed by atoms with Gasteiger partial charge in [-0.05, 0) is 49.6 Å². The molecule has 0 spiro atoms. The van der Waals surface area contributed by atoms with Crippen LogP contribution in [-0.2, 0) is 66.8 Å². The summed E-state index contributed by atoms with van der Waals surface area (Å²) >= 11 is 0. The molecule has 2 aliphatic heterocycles. The highest BCUT2D eigenvalue weighted by atomic mass is 31.2. The first kappa shape index (κ1) is 67.1. The van der Waals surface area contributed by atoms with Gasteiger partial charge < -0.3 is 70.6 Å². The van der Waals surface area contributed by atoms with Gasteiger partial charge >= 0.3 is 7.82 Å². The molecule has 0 radical (unpaired) electrons. The zero-order valence-corrected chi connectivity index (χ0v) is 50.8. The number of hydrogen-bond donors (Lipinski definition) is 9. The lowest BCUT2D eigenvalue weighted by Gasteiger charge is -2.41. The SMILES string of the molecule is CC[C@H](C)[C@@H]([C@@H](CC(=O)N1CCC[C@H]1[C@H](OC)[C@@H](C)C(=O)N[C@@H](Cc1ccccc1)C(=O)NCc1cn(CCCNc2ncnc3c2ncn3[C@@H]2O[C@H](COP(=O)(O)O)[C@@H](O)[C@H]2O)nn1)OC)N(C)C(=O)[C@@H](NC(=O)[C@@H](NC)C(C)C)C(C)C. The number of likely N-dealkylation sites (N-methyl/N-ethyl adjacent to an activating group) is 2. The summed E-state index contributed by atoms with van der Waals surface area (Å²) in [7, 11) is 1.59. The molecule has 9 N–H and O–H groups in total. The molecule has 2 fully saturated rings. The summed E-state index contributed by atoms with van der Waals surface area (Å²) < 4.78 is 36.5. The van der Waals surface area contributed by atoms with E-state index in [4.69, 9.17) is 24.0 Å². The van der Waals surface area contributed by atoms with Gasteiger partial charge in [-0.25, -0.2) is 19.5 Å². The fraction of sp³-hybridized carbons (Fsp3) is 0.673. The second-order valence-electron chi connectivity index (χ2n) is 22.4. The molecular formula is C55H87N14O14P. The molecule has 1 aromatic carbocycles. The Morgan fingerprint density at radius 3 is 2.27 bits per heavy atom. The van der Waals surface area contributed by atoms with Crippen molar-refractivity contribution in [2.24, 2.45) is 23.7 Å². The summed E-state index contributed by atoms with van der Waals surface area (Å²) in [5.74, 6) is -2.42. The van der Waals surface area contributed by atoms with Gasteiger partial charge in [0.2, 0.25) is 29.5 Å². The van der Waals surface area contributed by atoms with E-state index in [0.717, 1.165) is 5.56 Å². The van der Waals surface area contributed by atoms with E-state index in [2.05, 4.69) is 56.4 Å². The van der Waals surface area contributed by atoms with Gasteiger partial charge in [0.1, 0.15) is 42.4 Å². The van der Waals surface area contributed by atoms with Gasteiger partial charge in [-0.1, -0.05) is 90.4 Å². The number of benzene rings is 1. The molecule has 28 nitrogen and oxygen atoms in total. The van der Waals surface area contributed by atoms with E-state index in [1.165, 1.54) is 31.4 Å². The molecule has 4 aromatic rings. The van der Waals surface area contributed by atoms with E-state index in [1.54, 1.807) is 41.7 Å².